The first-order valence-corrected chi connectivity index (χ1v) is 8.06. The van der Waals surface area contributed by atoms with Gasteiger partial charge in [0.2, 0.25) is 5.91 Å². The van der Waals surface area contributed by atoms with Crippen molar-refractivity contribution in [3.8, 4) is 0 Å². The Hall–Kier alpha value is -1.06. The van der Waals surface area contributed by atoms with Crippen molar-refractivity contribution >= 4 is 11.9 Å². The topological polar surface area (TPSA) is 66.4 Å². The Bertz CT molecular complexity index is 360. The molecule has 0 aliphatic heterocycles. The number of amides is 1. The Balaban J connectivity index is 2.00. The van der Waals surface area contributed by atoms with Crippen molar-refractivity contribution in [3.63, 3.8) is 0 Å². The van der Waals surface area contributed by atoms with E-state index in [2.05, 4.69) is 12.2 Å². The molecule has 0 aromatic heterocycles. The largest absolute Gasteiger partial charge is 0.481 e. The first kappa shape index (κ1) is 15.3. The van der Waals surface area contributed by atoms with Gasteiger partial charge < -0.3 is 10.4 Å². The lowest BCUT2D eigenvalue weighted by Crippen LogP contribution is -2.54. The maximum absolute atomic E-state index is 12.3. The third kappa shape index (κ3) is 3.15. The number of aliphatic carboxylic acids is 1. The molecule has 2 fully saturated rings. The molecule has 114 valence electrons. The lowest BCUT2D eigenvalue weighted by molar-refractivity contribution is -0.153. The molecule has 2 aliphatic rings. The lowest BCUT2D eigenvalue weighted by atomic mass is 9.73. The van der Waals surface area contributed by atoms with Crippen LogP contribution in [0.1, 0.15) is 77.6 Å². The number of hydrogen-bond acceptors (Lipinski definition) is 2. The second kappa shape index (κ2) is 6.15. The van der Waals surface area contributed by atoms with Gasteiger partial charge in [-0.15, -0.1) is 0 Å². The number of carbonyl (C=O) groups is 2. The minimum atomic E-state index is -0.820. The van der Waals surface area contributed by atoms with Gasteiger partial charge in [-0.25, -0.2) is 0 Å². The van der Waals surface area contributed by atoms with Gasteiger partial charge in [0.1, 0.15) is 0 Å². The van der Waals surface area contributed by atoms with Crippen molar-refractivity contribution in [2.75, 3.05) is 0 Å². The van der Waals surface area contributed by atoms with Crippen molar-refractivity contribution < 1.29 is 14.7 Å². The molecule has 0 aromatic carbocycles. The molecule has 0 spiro atoms. The van der Waals surface area contributed by atoms with Gasteiger partial charge in [-0.2, -0.15) is 0 Å². The summed E-state index contributed by atoms with van der Waals surface area (Å²) in [7, 11) is 0. The molecule has 0 heterocycles. The monoisotopic (exact) mass is 281 g/mol. The Kier molecular flexibility index (Phi) is 4.71. The zero-order valence-corrected chi connectivity index (χ0v) is 12.5. The maximum Gasteiger partial charge on any atom is 0.310 e. The lowest BCUT2D eigenvalue weighted by Gasteiger charge is -2.42. The summed E-state index contributed by atoms with van der Waals surface area (Å²) in [5.74, 6) is -0.843. The molecule has 4 nitrogen and oxygen atoms in total. The van der Waals surface area contributed by atoms with Crippen LogP contribution in [0, 0.1) is 5.41 Å². The number of carboxylic acid groups (broad SMARTS) is 1. The summed E-state index contributed by atoms with van der Waals surface area (Å²) in [4.78, 5) is 24.0. The van der Waals surface area contributed by atoms with E-state index in [4.69, 9.17) is 0 Å². The molecule has 1 amide bonds. The van der Waals surface area contributed by atoms with Gasteiger partial charge in [-0.05, 0) is 38.5 Å². The summed E-state index contributed by atoms with van der Waals surface area (Å²) in [5, 5.41) is 12.7. The van der Waals surface area contributed by atoms with Crippen LogP contribution in [0.5, 0.6) is 0 Å². The van der Waals surface area contributed by atoms with Crippen molar-refractivity contribution in [1.29, 1.82) is 0 Å². The van der Waals surface area contributed by atoms with Gasteiger partial charge in [0.05, 0.1) is 5.41 Å². The summed E-state index contributed by atoms with van der Waals surface area (Å²) in [6.45, 7) is 2.10. The predicted octanol–water partition coefficient (Wildman–Crippen LogP) is 3.25. The van der Waals surface area contributed by atoms with E-state index in [1.165, 1.54) is 0 Å². The number of rotatable bonds is 5. The molecule has 2 saturated carbocycles. The van der Waals surface area contributed by atoms with Gasteiger partial charge in [0, 0.05) is 12.0 Å². The summed E-state index contributed by atoms with van der Waals surface area (Å²) < 4.78 is 0. The maximum atomic E-state index is 12.3. The normalized spacial score (nSPS) is 24.2. The van der Waals surface area contributed by atoms with Gasteiger partial charge in [0.25, 0.3) is 0 Å². The molecule has 0 saturated heterocycles. The fourth-order valence-corrected chi connectivity index (χ4v) is 3.69. The second-order valence-electron chi connectivity index (χ2n) is 6.71. The third-order valence-corrected chi connectivity index (χ3v) is 5.41. The van der Waals surface area contributed by atoms with Crippen molar-refractivity contribution in [1.82, 2.24) is 5.32 Å². The minimum absolute atomic E-state index is 0.0402. The minimum Gasteiger partial charge on any atom is -0.481 e. The highest BCUT2D eigenvalue weighted by molar-refractivity contribution is 5.85. The van der Waals surface area contributed by atoms with Crippen LogP contribution in [0.25, 0.3) is 0 Å². The van der Waals surface area contributed by atoms with Gasteiger partial charge in [-0.3, -0.25) is 9.59 Å². The van der Waals surface area contributed by atoms with Crippen molar-refractivity contribution in [2.24, 2.45) is 5.41 Å². The molecular weight excluding hydrogens is 254 g/mol. The van der Waals surface area contributed by atoms with E-state index in [1.54, 1.807) is 0 Å². The van der Waals surface area contributed by atoms with E-state index in [0.29, 0.717) is 12.8 Å². The van der Waals surface area contributed by atoms with E-state index in [9.17, 15) is 14.7 Å². The van der Waals surface area contributed by atoms with Crippen LogP contribution in [0.15, 0.2) is 0 Å². The van der Waals surface area contributed by atoms with E-state index in [1.807, 2.05) is 0 Å². The molecule has 0 unspecified atom stereocenters. The molecule has 0 radical (unpaired) electrons. The Morgan fingerprint density at radius 2 is 1.60 bits per heavy atom. The number of hydrogen-bond donors (Lipinski definition) is 2. The summed E-state index contributed by atoms with van der Waals surface area (Å²) >= 11 is 0. The molecule has 0 bridgehead atoms. The Morgan fingerprint density at radius 3 is 2.00 bits per heavy atom. The van der Waals surface area contributed by atoms with Gasteiger partial charge in [0.15, 0.2) is 0 Å². The first-order chi connectivity index (χ1) is 9.52. The standard InChI is InChI=1S/C16H27NO3/c1-2-16(10-7-11-16)17-13(18)12-15(14(19)20)8-5-3-4-6-9-15/h2-12H2,1H3,(H,17,18)(H,19,20). The fourth-order valence-electron chi connectivity index (χ4n) is 3.69. The predicted molar refractivity (Wildman–Crippen MR) is 77.4 cm³/mol. The Labute approximate surface area is 121 Å². The van der Waals surface area contributed by atoms with Crippen LogP contribution in [-0.4, -0.2) is 22.5 Å². The van der Waals surface area contributed by atoms with E-state index < -0.39 is 11.4 Å². The SMILES string of the molecule is CCC1(NC(=O)CC2(C(=O)O)CCCCCC2)CCC1. The summed E-state index contributed by atoms with van der Waals surface area (Å²) in [6, 6.07) is 0. The average molecular weight is 281 g/mol. The van der Waals surface area contributed by atoms with Gasteiger partial charge in [-0.1, -0.05) is 32.6 Å². The number of carbonyl (C=O) groups excluding carboxylic acids is 1. The zero-order chi connectivity index (χ0) is 14.6. The molecule has 0 atom stereocenters. The average Bonchev–Trinajstić information content (AvgIpc) is 2.60. The van der Waals surface area contributed by atoms with Crippen molar-refractivity contribution in [2.45, 2.75) is 83.1 Å². The smallest absolute Gasteiger partial charge is 0.310 e. The molecule has 0 aromatic rings. The molecular formula is C16H27NO3. The highest BCUT2D eigenvalue weighted by Crippen LogP contribution is 2.40. The van der Waals surface area contributed by atoms with Crippen molar-refractivity contribution in [3.05, 3.63) is 0 Å². The third-order valence-electron chi connectivity index (χ3n) is 5.41. The van der Waals surface area contributed by atoms with E-state index in [-0.39, 0.29) is 17.9 Å². The van der Waals surface area contributed by atoms with E-state index in [0.717, 1.165) is 51.4 Å². The first-order valence-electron chi connectivity index (χ1n) is 8.06. The Morgan fingerprint density at radius 1 is 1.00 bits per heavy atom. The summed E-state index contributed by atoms with van der Waals surface area (Å²) in [5.41, 5.74) is -0.860. The van der Waals surface area contributed by atoms with Crippen LogP contribution in [0.2, 0.25) is 0 Å². The molecule has 2 rings (SSSR count). The van der Waals surface area contributed by atoms with Gasteiger partial charge >= 0.3 is 5.97 Å². The number of carboxylic acids is 1. The highest BCUT2D eigenvalue weighted by atomic mass is 16.4. The van der Waals surface area contributed by atoms with Crippen LogP contribution < -0.4 is 5.32 Å². The van der Waals surface area contributed by atoms with Crippen LogP contribution in [0.3, 0.4) is 0 Å². The number of nitrogens with one attached hydrogen (secondary N) is 1. The summed E-state index contributed by atoms with van der Waals surface area (Å²) in [6.07, 6.45) is 9.68. The molecule has 2 aliphatic carbocycles. The van der Waals surface area contributed by atoms with Crippen LogP contribution >= 0.6 is 0 Å². The van der Waals surface area contributed by atoms with Crippen LogP contribution in [-0.2, 0) is 9.59 Å². The molecule has 4 heteroatoms. The molecule has 2 N–H and O–H groups in total. The zero-order valence-electron chi connectivity index (χ0n) is 12.5. The quantitative estimate of drug-likeness (QED) is 0.760. The van der Waals surface area contributed by atoms with E-state index >= 15 is 0 Å². The second-order valence-corrected chi connectivity index (χ2v) is 6.71. The van der Waals surface area contributed by atoms with Crippen LogP contribution in [0.4, 0.5) is 0 Å². The fraction of sp³-hybridized carbons (Fsp3) is 0.875. The highest BCUT2D eigenvalue weighted by Gasteiger charge is 2.43. The molecule has 20 heavy (non-hydrogen) atoms.